The van der Waals surface area contributed by atoms with Gasteiger partial charge in [-0.05, 0) is 39.7 Å². The second-order valence-corrected chi connectivity index (χ2v) is 6.01. The highest BCUT2D eigenvalue weighted by Crippen LogP contribution is 2.28. The molecule has 2 heteroatoms. The number of ether oxygens (including phenoxy) is 1. The summed E-state index contributed by atoms with van der Waals surface area (Å²) in [6.07, 6.45) is 11.1. The minimum Gasteiger partial charge on any atom is -0.371 e. The summed E-state index contributed by atoms with van der Waals surface area (Å²) in [7, 11) is 0. The van der Waals surface area contributed by atoms with Crippen molar-refractivity contribution < 1.29 is 4.74 Å². The van der Waals surface area contributed by atoms with E-state index in [-0.39, 0.29) is 5.60 Å². The lowest BCUT2D eigenvalue weighted by molar-refractivity contribution is -0.0141. The van der Waals surface area contributed by atoms with Crippen LogP contribution in [0.3, 0.4) is 0 Å². The van der Waals surface area contributed by atoms with Crippen molar-refractivity contribution in [3.8, 4) is 0 Å². The number of hydrogen-bond acceptors (Lipinski definition) is 2. The van der Waals surface area contributed by atoms with Gasteiger partial charge in [0.25, 0.3) is 0 Å². The van der Waals surface area contributed by atoms with Crippen LogP contribution in [0.15, 0.2) is 0 Å². The Morgan fingerprint density at radius 2 is 1.82 bits per heavy atom. The van der Waals surface area contributed by atoms with E-state index in [9.17, 15) is 0 Å². The Morgan fingerprint density at radius 3 is 2.47 bits per heavy atom. The number of nitrogens with one attached hydrogen (secondary N) is 1. The van der Waals surface area contributed by atoms with Crippen molar-refractivity contribution in [3.63, 3.8) is 0 Å². The first-order chi connectivity index (χ1) is 8.14. The van der Waals surface area contributed by atoms with Crippen molar-refractivity contribution in [2.45, 2.75) is 83.8 Å². The fourth-order valence-electron chi connectivity index (χ4n) is 2.51. The van der Waals surface area contributed by atoms with Crippen molar-refractivity contribution in [1.29, 1.82) is 0 Å². The van der Waals surface area contributed by atoms with E-state index in [0.29, 0.717) is 6.10 Å². The van der Waals surface area contributed by atoms with Crippen LogP contribution in [-0.2, 0) is 4.74 Å². The standard InChI is InChI=1S/C15H31NO/c1-4-5-6-7-8-9-12-16-13-14-10-11-15(2,3)17-14/h14,16H,4-13H2,1-3H3. The third-order valence-electron chi connectivity index (χ3n) is 3.63. The normalized spacial score (nSPS) is 23.1. The average molecular weight is 241 g/mol. The van der Waals surface area contributed by atoms with Gasteiger partial charge in [-0.1, -0.05) is 39.0 Å². The highest BCUT2D eigenvalue weighted by atomic mass is 16.5. The van der Waals surface area contributed by atoms with E-state index in [1.165, 1.54) is 51.4 Å². The smallest absolute Gasteiger partial charge is 0.0707 e. The van der Waals surface area contributed by atoms with Crippen molar-refractivity contribution in [1.82, 2.24) is 5.32 Å². The zero-order valence-corrected chi connectivity index (χ0v) is 12.1. The van der Waals surface area contributed by atoms with E-state index < -0.39 is 0 Å². The Labute approximate surface area is 108 Å². The number of unbranched alkanes of at least 4 members (excludes halogenated alkanes) is 5. The monoisotopic (exact) mass is 241 g/mol. The summed E-state index contributed by atoms with van der Waals surface area (Å²) in [6, 6.07) is 0. The fraction of sp³-hybridized carbons (Fsp3) is 1.00. The van der Waals surface area contributed by atoms with Gasteiger partial charge in [0.15, 0.2) is 0 Å². The van der Waals surface area contributed by atoms with Crippen molar-refractivity contribution in [2.75, 3.05) is 13.1 Å². The molecule has 1 aliphatic rings. The molecule has 0 radical (unpaired) electrons. The predicted octanol–water partition coefficient (Wildman–Crippen LogP) is 3.89. The van der Waals surface area contributed by atoms with Gasteiger partial charge in [0, 0.05) is 6.54 Å². The molecule has 1 unspecified atom stereocenters. The van der Waals surface area contributed by atoms with E-state index in [4.69, 9.17) is 4.74 Å². The van der Waals surface area contributed by atoms with Gasteiger partial charge in [0.2, 0.25) is 0 Å². The molecule has 1 atom stereocenters. The third kappa shape index (κ3) is 7.05. The molecule has 1 heterocycles. The molecule has 1 aliphatic heterocycles. The van der Waals surface area contributed by atoms with Gasteiger partial charge >= 0.3 is 0 Å². The lowest BCUT2D eigenvalue weighted by Crippen LogP contribution is -2.29. The second-order valence-electron chi connectivity index (χ2n) is 6.01. The summed E-state index contributed by atoms with van der Waals surface area (Å²) in [5.41, 5.74) is 0.118. The lowest BCUT2D eigenvalue weighted by atomic mass is 10.1. The Balaban J connectivity index is 1.85. The van der Waals surface area contributed by atoms with E-state index in [0.717, 1.165) is 13.1 Å². The first-order valence-electron chi connectivity index (χ1n) is 7.52. The molecule has 0 aromatic carbocycles. The second kappa shape index (κ2) is 8.10. The van der Waals surface area contributed by atoms with Crippen molar-refractivity contribution in [2.24, 2.45) is 0 Å². The molecular weight excluding hydrogens is 210 g/mol. The molecule has 0 amide bonds. The van der Waals surface area contributed by atoms with Crippen LogP contribution in [0, 0.1) is 0 Å². The van der Waals surface area contributed by atoms with Gasteiger partial charge in [-0.15, -0.1) is 0 Å². The molecule has 17 heavy (non-hydrogen) atoms. The molecule has 1 N–H and O–H groups in total. The molecule has 102 valence electrons. The van der Waals surface area contributed by atoms with Gasteiger partial charge in [-0.3, -0.25) is 0 Å². The van der Waals surface area contributed by atoms with Crippen LogP contribution < -0.4 is 5.32 Å². The summed E-state index contributed by atoms with van der Waals surface area (Å²) >= 11 is 0. The Bertz CT molecular complexity index is 191. The van der Waals surface area contributed by atoms with Crippen molar-refractivity contribution in [3.05, 3.63) is 0 Å². The van der Waals surface area contributed by atoms with Crippen LogP contribution in [0.4, 0.5) is 0 Å². The topological polar surface area (TPSA) is 21.3 Å². The molecule has 0 bridgehead atoms. The Morgan fingerprint density at radius 1 is 1.12 bits per heavy atom. The number of rotatable bonds is 9. The maximum absolute atomic E-state index is 5.95. The zero-order valence-electron chi connectivity index (χ0n) is 12.1. The van der Waals surface area contributed by atoms with Crippen LogP contribution >= 0.6 is 0 Å². The summed E-state index contributed by atoms with van der Waals surface area (Å²) < 4.78 is 5.95. The third-order valence-corrected chi connectivity index (χ3v) is 3.63. The van der Waals surface area contributed by atoms with Gasteiger partial charge in [0.1, 0.15) is 0 Å². The average Bonchev–Trinajstić information content (AvgIpc) is 2.62. The Hall–Kier alpha value is -0.0800. The summed E-state index contributed by atoms with van der Waals surface area (Å²) in [4.78, 5) is 0. The summed E-state index contributed by atoms with van der Waals surface area (Å²) in [5, 5.41) is 3.53. The Kier molecular flexibility index (Phi) is 7.14. The van der Waals surface area contributed by atoms with Gasteiger partial charge in [0.05, 0.1) is 11.7 Å². The van der Waals surface area contributed by atoms with E-state index >= 15 is 0 Å². The van der Waals surface area contributed by atoms with Gasteiger partial charge in [-0.2, -0.15) is 0 Å². The van der Waals surface area contributed by atoms with E-state index in [1.54, 1.807) is 0 Å². The fourth-order valence-corrected chi connectivity index (χ4v) is 2.51. The summed E-state index contributed by atoms with van der Waals surface area (Å²) in [6.45, 7) is 8.86. The maximum atomic E-state index is 5.95. The van der Waals surface area contributed by atoms with E-state index in [2.05, 4.69) is 26.1 Å². The quantitative estimate of drug-likeness (QED) is 0.618. The number of hydrogen-bond donors (Lipinski definition) is 1. The minimum absolute atomic E-state index is 0.118. The molecule has 0 aromatic rings. The van der Waals surface area contributed by atoms with Gasteiger partial charge in [-0.25, -0.2) is 0 Å². The van der Waals surface area contributed by atoms with Crippen LogP contribution in [0.5, 0.6) is 0 Å². The zero-order chi connectivity index (χ0) is 12.6. The van der Waals surface area contributed by atoms with Crippen LogP contribution in [-0.4, -0.2) is 24.8 Å². The SMILES string of the molecule is CCCCCCCCNCC1CCC(C)(C)O1. The first kappa shape index (κ1) is 15.0. The summed E-state index contributed by atoms with van der Waals surface area (Å²) in [5.74, 6) is 0. The highest BCUT2D eigenvalue weighted by Gasteiger charge is 2.30. The molecular formula is C15H31NO. The molecule has 0 aromatic heterocycles. The molecule has 0 spiro atoms. The largest absolute Gasteiger partial charge is 0.371 e. The van der Waals surface area contributed by atoms with E-state index in [1.807, 2.05) is 0 Å². The molecule has 0 saturated carbocycles. The maximum Gasteiger partial charge on any atom is 0.0707 e. The molecule has 1 rings (SSSR count). The van der Waals surface area contributed by atoms with Crippen LogP contribution in [0.25, 0.3) is 0 Å². The predicted molar refractivity (Wildman–Crippen MR) is 74.4 cm³/mol. The molecule has 1 fully saturated rings. The molecule has 0 aliphatic carbocycles. The molecule has 1 saturated heterocycles. The first-order valence-corrected chi connectivity index (χ1v) is 7.52. The van der Waals surface area contributed by atoms with Crippen LogP contribution in [0.1, 0.15) is 72.1 Å². The highest BCUT2D eigenvalue weighted by molar-refractivity contribution is 4.81. The van der Waals surface area contributed by atoms with Gasteiger partial charge < -0.3 is 10.1 Å². The lowest BCUT2D eigenvalue weighted by Gasteiger charge is -2.19. The van der Waals surface area contributed by atoms with Crippen molar-refractivity contribution >= 4 is 0 Å². The minimum atomic E-state index is 0.118. The van der Waals surface area contributed by atoms with Crippen LogP contribution in [0.2, 0.25) is 0 Å². The molecule has 2 nitrogen and oxygen atoms in total.